The Morgan fingerprint density at radius 3 is 2.41 bits per heavy atom. The van der Waals surface area contributed by atoms with Gasteiger partial charge in [0, 0.05) is 19.2 Å². The summed E-state index contributed by atoms with van der Waals surface area (Å²) < 4.78 is 7.45. The Labute approximate surface area is 166 Å². The van der Waals surface area contributed by atoms with Crippen molar-refractivity contribution in [2.45, 2.75) is 44.0 Å². The molecule has 4 nitrogen and oxygen atoms in total. The first-order valence-electron chi connectivity index (χ1n) is 9.27. The standard InChI is InChI=1S/C22H27N3OS/c1-16-8-10-19(11-9-16)15-27-22-24-23-21(25(22)3)7-5-6-18-12-13-20(26-4)17(2)14-18/h8-14H,5-7,15H2,1-4H3. The van der Waals surface area contributed by atoms with Crippen molar-refractivity contribution in [1.29, 1.82) is 0 Å². The summed E-state index contributed by atoms with van der Waals surface area (Å²) in [6.45, 7) is 4.20. The molecule has 5 heteroatoms. The van der Waals surface area contributed by atoms with Gasteiger partial charge in [-0.15, -0.1) is 10.2 Å². The number of thioether (sulfide) groups is 1. The Balaban J connectivity index is 1.52. The minimum atomic E-state index is 0.914. The maximum absolute atomic E-state index is 5.33. The first kappa shape index (κ1) is 19.5. The quantitative estimate of drug-likeness (QED) is 0.520. The van der Waals surface area contributed by atoms with Gasteiger partial charge in [0.05, 0.1) is 7.11 Å². The molecule has 0 aliphatic heterocycles. The maximum atomic E-state index is 5.33. The zero-order chi connectivity index (χ0) is 19.2. The number of aryl methyl sites for hydroxylation is 4. The van der Waals surface area contributed by atoms with Crippen LogP contribution in [0, 0.1) is 13.8 Å². The highest BCUT2D eigenvalue weighted by Gasteiger charge is 2.10. The van der Waals surface area contributed by atoms with Crippen LogP contribution in [-0.2, 0) is 25.6 Å². The molecule has 0 aliphatic carbocycles. The van der Waals surface area contributed by atoms with Crippen LogP contribution in [0.15, 0.2) is 47.6 Å². The number of rotatable bonds is 8. The second-order valence-corrected chi connectivity index (χ2v) is 7.83. The lowest BCUT2D eigenvalue weighted by molar-refractivity contribution is 0.411. The average molecular weight is 382 g/mol. The summed E-state index contributed by atoms with van der Waals surface area (Å²) in [4.78, 5) is 0. The third-order valence-electron chi connectivity index (χ3n) is 4.74. The lowest BCUT2D eigenvalue weighted by atomic mass is 10.0. The van der Waals surface area contributed by atoms with Gasteiger partial charge in [-0.2, -0.15) is 0 Å². The van der Waals surface area contributed by atoms with E-state index in [-0.39, 0.29) is 0 Å². The molecule has 0 aliphatic rings. The van der Waals surface area contributed by atoms with Crippen LogP contribution in [0.1, 0.15) is 34.5 Å². The molecule has 2 aromatic carbocycles. The van der Waals surface area contributed by atoms with Crippen LogP contribution in [-0.4, -0.2) is 21.9 Å². The van der Waals surface area contributed by atoms with Crippen molar-refractivity contribution in [3.63, 3.8) is 0 Å². The van der Waals surface area contributed by atoms with Gasteiger partial charge < -0.3 is 9.30 Å². The van der Waals surface area contributed by atoms with Crippen molar-refractivity contribution in [1.82, 2.24) is 14.8 Å². The van der Waals surface area contributed by atoms with Gasteiger partial charge in [0.25, 0.3) is 0 Å². The van der Waals surface area contributed by atoms with E-state index < -0.39 is 0 Å². The maximum Gasteiger partial charge on any atom is 0.191 e. The molecular formula is C22H27N3OS. The number of ether oxygens (including phenoxy) is 1. The Kier molecular flexibility index (Phi) is 6.56. The summed E-state index contributed by atoms with van der Waals surface area (Å²) in [5, 5.41) is 9.74. The lowest BCUT2D eigenvalue weighted by Gasteiger charge is -2.07. The van der Waals surface area contributed by atoms with Gasteiger partial charge in [-0.1, -0.05) is 53.7 Å². The van der Waals surface area contributed by atoms with Crippen molar-refractivity contribution >= 4 is 11.8 Å². The van der Waals surface area contributed by atoms with Crippen LogP contribution in [0.3, 0.4) is 0 Å². The summed E-state index contributed by atoms with van der Waals surface area (Å²) in [7, 11) is 3.77. The number of hydrogen-bond acceptors (Lipinski definition) is 4. The molecule has 0 radical (unpaired) electrons. The highest BCUT2D eigenvalue weighted by atomic mass is 32.2. The molecule has 0 bridgehead atoms. The van der Waals surface area contributed by atoms with Crippen molar-refractivity contribution in [3.8, 4) is 5.75 Å². The van der Waals surface area contributed by atoms with Gasteiger partial charge in [0.1, 0.15) is 11.6 Å². The van der Waals surface area contributed by atoms with Gasteiger partial charge >= 0.3 is 0 Å². The van der Waals surface area contributed by atoms with Crippen molar-refractivity contribution in [2.75, 3.05) is 7.11 Å². The highest BCUT2D eigenvalue weighted by Crippen LogP contribution is 2.22. The molecule has 0 saturated carbocycles. The second kappa shape index (κ2) is 9.09. The Morgan fingerprint density at radius 1 is 0.963 bits per heavy atom. The Bertz CT molecular complexity index is 887. The largest absolute Gasteiger partial charge is 0.496 e. The molecule has 0 N–H and O–H groups in total. The highest BCUT2D eigenvalue weighted by molar-refractivity contribution is 7.98. The fourth-order valence-electron chi connectivity index (χ4n) is 3.07. The smallest absolute Gasteiger partial charge is 0.191 e. The molecule has 1 heterocycles. The Hall–Kier alpha value is -2.27. The van der Waals surface area contributed by atoms with E-state index in [0.29, 0.717) is 0 Å². The van der Waals surface area contributed by atoms with E-state index in [1.807, 2.05) is 6.07 Å². The van der Waals surface area contributed by atoms with Crippen LogP contribution in [0.5, 0.6) is 5.75 Å². The van der Waals surface area contributed by atoms with Gasteiger partial charge in [0.2, 0.25) is 0 Å². The molecule has 27 heavy (non-hydrogen) atoms. The van der Waals surface area contributed by atoms with Crippen molar-refractivity contribution in [2.24, 2.45) is 7.05 Å². The predicted molar refractivity (Wildman–Crippen MR) is 111 cm³/mol. The van der Waals surface area contributed by atoms with Gasteiger partial charge in [-0.05, 0) is 49.4 Å². The summed E-state index contributed by atoms with van der Waals surface area (Å²) in [6.07, 6.45) is 3.02. The fraction of sp³-hybridized carbons (Fsp3) is 0.364. The molecule has 0 amide bonds. The average Bonchev–Trinajstić information content (AvgIpc) is 3.01. The van der Waals surface area contributed by atoms with E-state index in [0.717, 1.165) is 41.7 Å². The molecule has 0 saturated heterocycles. The van der Waals surface area contributed by atoms with E-state index >= 15 is 0 Å². The van der Waals surface area contributed by atoms with Crippen molar-refractivity contribution < 1.29 is 4.74 Å². The number of aromatic nitrogens is 3. The summed E-state index contributed by atoms with van der Waals surface area (Å²) >= 11 is 1.74. The van der Waals surface area contributed by atoms with E-state index in [1.165, 1.54) is 22.3 Å². The number of methoxy groups -OCH3 is 1. The molecule has 3 aromatic rings. The minimum absolute atomic E-state index is 0.914. The van der Waals surface area contributed by atoms with Crippen LogP contribution in [0.25, 0.3) is 0 Å². The van der Waals surface area contributed by atoms with E-state index in [1.54, 1.807) is 18.9 Å². The normalized spacial score (nSPS) is 11.0. The Morgan fingerprint density at radius 2 is 1.70 bits per heavy atom. The number of benzene rings is 2. The second-order valence-electron chi connectivity index (χ2n) is 6.89. The van der Waals surface area contributed by atoms with Crippen LogP contribution >= 0.6 is 11.8 Å². The molecule has 0 unspecified atom stereocenters. The third-order valence-corrected chi connectivity index (χ3v) is 5.83. The summed E-state index contributed by atoms with van der Waals surface area (Å²) in [5.41, 5.74) is 5.12. The van der Waals surface area contributed by atoms with Crippen molar-refractivity contribution in [3.05, 3.63) is 70.5 Å². The number of nitrogens with zero attached hydrogens (tertiary/aromatic N) is 3. The lowest BCUT2D eigenvalue weighted by Crippen LogP contribution is -2.01. The minimum Gasteiger partial charge on any atom is -0.496 e. The molecule has 1 aromatic heterocycles. The first-order chi connectivity index (χ1) is 13.1. The van der Waals surface area contributed by atoms with Gasteiger partial charge in [-0.3, -0.25) is 0 Å². The molecule has 0 spiro atoms. The molecule has 0 atom stereocenters. The van der Waals surface area contributed by atoms with E-state index in [2.05, 4.69) is 72.1 Å². The van der Waals surface area contributed by atoms with Gasteiger partial charge in [-0.25, -0.2) is 0 Å². The van der Waals surface area contributed by atoms with E-state index in [4.69, 9.17) is 4.74 Å². The van der Waals surface area contributed by atoms with Gasteiger partial charge in [0.15, 0.2) is 5.16 Å². The summed E-state index contributed by atoms with van der Waals surface area (Å²) in [5.74, 6) is 2.91. The zero-order valence-corrected chi connectivity index (χ0v) is 17.3. The zero-order valence-electron chi connectivity index (χ0n) is 16.5. The molecule has 3 rings (SSSR count). The van der Waals surface area contributed by atoms with Crippen LogP contribution in [0.4, 0.5) is 0 Å². The fourth-order valence-corrected chi connectivity index (χ4v) is 3.95. The number of hydrogen-bond donors (Lipinski definition) is 0. The molecule has 142 valence electrons. The molecular weight excluding hydrogens is 354 g/mol. The molecule has 0 fully saturated rings. The van der Waals surface area contributed by atoms with E-state index in [9.17, 15) is 0 Å². The monoisotopic (exact) mass is 381 g/mol. The SMILES string of the molecule is COc1ccc(CCCc2nnc(SCc3ccc(C)cc3)n2C)cc1C. The predicted octanol–water partition coefficient (Wildman–Crippen LogP) is 4.91. The van der Waals surface area contributed by atoms with Crippen LogP contribution in [0.2, 0.25) is 0 Å². The third kappa shape index (κ3) is 5.13. The topological polar surface area (TPSA) is 39.9 Å². The van der Waals surface area contributed by atoms with Crippen LogP contribution < -0.4 is 4.74 Å². The first-order valence-corrected chi connectivity index (χ1v) is 10.3. The summed E-state index contributed by atoms with van der Waals surface area (Å²) in [6, 6.07) is 15.1.